The molecule has 3 N–H and O–H groups in total. The number of hydrogen-bond acceptors (Lipinski definition) is 7. The second-order valence-corrected chi connectivity index (χ2v) is 10.4. The summed E-state index contributed by atoms with van der Waals surface area (Å²) in [6.07, 6.45) is 7.74. The minimum Gasteiger partial charge on any atom is -0.493 e. The van der Waals surface area contributed by atoms with Gasteiger partial charge >= 0.3 is 0 Å². The fraction of sp³-hybridized carbons (Fsp3) is 0.152. The maximum atomic E-state index is 13.1. The summed E-state index contributed by atoms with van der Waals surface area (Å²) >= 11 is 6.50. The van der Waals surface area contributed by atoms with Gasteiger partial charge in [-0.3, -0.25) is 14.5 Å². The summed E-state index contributed by atoms with van der Waals surface area (Å²) in [5.74, 6) is 0.479. The summed E-state index contributed by atoms with van der Waals surface area (Å²) in [5, 5.41) is 9.36. The van der Waals surface area contributed by atoms with E-state index in [4.69, 9.17) is 21.3 Å². The number of rotatable bonds is 4. The molecule has 1 aliphatic heterocycles. The van der Waals surface area contributed by atoms with Gasteiger partial charge in [-0.05, 0) is 79.7 Å². The number of hydrogen-bond donors (Lipinski definition) is 3. The zero-order chi connectivity index (χ0) is 30.2. The number of benzene rings is 3. The Morgan fingerprint density at radius 1 is 1.05 bits per heavy atom. The first-order chi connectivity index (χ1) is 20.9. The van der Waals surface area contributed by atoms with E-state index in [0.29, 0.717) is 52.4 Å². The third-order valence-electron chi connectivity index (χ3n) is 6.55. The van der Waals surface area contributed by atoms with Crippen molar-refractivity contribution in [1.29, 1.82) is 0 Å². The second kappa shape index (κ2) is 13.8. The number of aromatic nitrogens is 2. The maximum Gasteiger partial charge on any atom is 0.255 e. The Labute approximate surface area is 255 Å². The predicted molar refractivity (Wildman–Crippen MR) is 171 cm³/mol. The number of ether oxygens (including phenoxy) is 1. The summed E-state index contributed by atoms with van der Waals surface area (Å²) in [6, 6.07) is 20.0. The Morgan fingerprint density at radius 2 is 1.88 bits per heavy atom. The number of fused-ring (bicyclic) bond motifs is 7. The van der Waals surface area contributed by atoms with Crippen LogP contribution in [0.5, 0.6) is 5.75 Å². The Balaban J connectivity index is 1.45. The molecule has 0 saturated carbocycles. The molecule has 0 aliphatic carbocycles. The molecule has 218 valence electrons. The first kappa shape index (κ1) is 29.5. The van der Waals surface area contributed by atoms with Gasteiger partial charge in [0.15, 0.2) is 0 Å². The average molecular weight is 595 g/mol. The summed E-state index contributed by atoms with van der Waals surface area (Å²) < 4.78 is 5.94. The minimum atomic E-state index is -0.322. The lowest BCUT2D eigenvalue weighted by molar-refractivity contribution is -0.111. The molecule has 1 aromatic heterocycles. The standard InChI is InChI=1S/C33H31ClN6O3/c1-3-30(41)36-25-12-10-23(11-13-25)32(42)37-26-16-22-17-27(19-26)38-33-35-20-29(34)31(39-33)24-8-7-9-28(18-24)43-15-6-4-5-14-40(2)21-22/h3-5,7-13,16-20H,1,6,14-15,21H2,2H3,(H,36,41)(H,37,42)(H,35,38,39)/b5-4+. The summed E-state index contributed by atoms with van der Waals surface area (Å²) in [7, 11) is 2.03. The molecule has 3 aromatic carbocycles. The highest BCUT2D eigenvalue weighted by atomic mass is 35.5. The lowest BCUT2D eigenvalue weighted by Gasteiger charge is -2.18. The molecule has 2 heterocycles. The van der Waals surface area contributed by atoms with Crippen LogP contribution in [-0.2, 0) is 11.3 Å². The molecule has 0 unspecified atom stereocenters. The van der Waals surface area contributed by atoms with Crippen LogP contribution < -0.4 is 20.7 Å². The zero-order valence-electron chi connectivity index (χ0n) is 23.6. The molecule has 9 nitrogen and oxygen atoms in total. The predicted octanol–water partition coefficient (Wildman–Crippen LogP) is 6.69. The second-order valence-electron chi connectivity index (χ2n) is 9.99. The van der Waals surface area contributed by atoms with Crippen molar-refractivity contribution in [2.75, 3.05) is 36.1 Å². The van der Waals surface area contributed by atoms with E-state index in [-0.39, 0.29) is 11.8 Å². The van der Waals surface area contributed by atoms with Gasteiger partial charge in [0.1, 0.15) is 5.75 Å². The monoisotopic (exact) mass is 594 g/mol. The van der Waals surface area contributed by atoms with Crippen molar-refractivity contribution in [3.05, 3.63) is 114 Å². The molecule has 0 atom stereocenters. The van der Waals surface area contributed by atoms with Crippen LogP contribution in [0.2, 0.25) is 5.02 Å². The first-order valence-electron chi connectivity index (χ1n) is 13.7. The number of likely N-dealkylation sites (N-methyl/N-ethyl adjacent to an activating group) is 1. The first-order valence-corrected chi connectivity index (χ1v) is 14.1. The van der Waals surface area contributed by atoms with Gasteiger partial charge in [0.2, 0.25) is 11.9 Å². The van der Waals surface area contributed by atoms with E-state index in [1.54, 1.807) is 30.5 Å². The van der Waals surface area contributed by atoms with Crippen molar-refractivity contribution in [2.45, 2.75) is 13.0 Å². The van der Waals surface area contributed by atoms with E-state index in [2.05, 4.69) is 44.6 Å². The van der Waals surface area contributed by atoms with Crippen molar-refractivity contribution in [3.8, 4) is 17.0 Å². The molecule has 4 aromatic rings. The lowest BCUT2D eigenvalue weighted by Crippen LogP contribution is -2.18. The molecule has 0 fully saturated rings. The van der Waals surface area contributed by atoms with Gasteiger partial charge in [-0.2, -0.15) is 0 Å². The van der Waals surface area contributed by atoms with Gasteiger partial charge in [0.05, 0.1) is 23.5 Å². The Kier molecular flexibility index (Phi) is 9.46. The van der Waals surface area contributed by atoms with Crippen LogP contribution in [0.3, 0.4) is 0 Å². The number of nitrogens with one attached hydrogen (secondary N) is 3. The molecular weight excluding hydrogens is 564 g/mol. The van der Waals surface area contributed by atoms with Crippen molar-refractivity contribution < 1.29 is 14.3 Å². The van der Waals surface area contributed by atoms with Gasteiger partial charge in [0, 0.05) is 41.3 Å². The Bertz CT molecular complexity index is 1670. The molecular formula is C33H31ClN6O3. The number of amides is 2. The molecule has 43 heavy (non-hydrogen) atoms. The quantitative estimate of drug-likeness (QED) is 0.178. The molecule has 1 aliphatic rings. The SMILES string of the molecule is C=CC(=O)Nc1ccc(C(=O)Nc2cc3cc(c2)Nc2ncc(Cl)c(n2)-c2cccc(c2)OCC/C=C/CN(C)C3)cc1. The minimum absolute atomic E-state index is 0.289. The largest absolute Gasteiger partial charge is 0.493 e. The van der Waals surface area contributed by atoms with Gasteiger partial charge < -0.3 is 20.7 Å². The highest BCUT2D eigenvalue weighted by Crippen LogP contribution is 2.30. The van der Waals surface area contributed by atoms with Crippen molar-refractivity contribution in [3.63, 3.8) is 0 Å². The lowest BCUT2D eigenvalue weighted by atomic mass is 10.1. The van der Waals surface area contributed by atoms with E-state index >= 15 is 0 Å². The van der Waals surface area contributed by atoms with Crippen LogP contribution in [-0.4, -0.2) is 46.9 Å². The van der Waals surface area contributed by atoms with Crippen LogP contribution in [0.4, 0.5) is 23.0 Å². The van der Waals surface area contributed by atoms with Crippen LogP contribution in [0.25, 0.3) is 11.3 Å². The molecule has 0 saturated heterocycles. The van der Waals surface area contributed by atoms with Crippen molar-refractivity contribution in [2.24, 2.45) is 0 Å². The number of carbonyl (C=O) groups excluding carboxylic acids is 2. The Hall–Kier alpha value is -4.99. The third kappa shape index (κ3) is 8.06. The van der Waals surface area contributed by atoms with E-state index in [9.17, 15) is 9.59 Å². The summed E-state index contributed by atoms with van der Waals surface area (Å²) in [5.41, 5.74) is 4.67. The molecule has 10 heteroatoms. The number of halogens is 1. The van der Waals surface area contributed by atoms with Crippen LogP contribution in [0, 0.1) is 0 Å². The molecule has 5 rings (SSSR count). The summed E-state index contributed by atoms with van der Waals surface area (Å²) in [4.78, 5) is 36.0. The highest BCUT2D eigenvalue weighted by molar-refractivity contribution is 6.32. The maximum absolute atomic E-state index is 13.1. The topological polar surface area (TPSA) is 108 Å². The van der Waals surface area contributed by atoms with Crippen molar-refractivity contribution in [1.82, 2.24) is 14.9 Å². The molecule has 0 spiro atoms. The zero-order valence-corrected chi connectivity index (χ0v) is 24.4. The average Bonchev–Trinajstić information content (AvgIpc) is 2.99. The molecule has 2 amide bonds. The fourth-order valence-corrected chi connectivity index (χ4v) is 4.71. The fourth-order valence-electron chi connectivity index (χ4n) is 4.51. The van der Waals surface area contributed by atoms with E-state index in [1.165, 1.54) is 6.08 Å². The smallest absolute Gasteiger partial charge is 0.255 e. The van der Waals surface area contributed by atoms with Crippen LogP contribution in [0.15, 0.2) is 97.7 Å². The van der Waals surface area contributed by atoms with E-state index in [0.717, 1.165) is 29.8 Å². The van der Waals surface area contributed by atoms with E-state index < -0.39 is 0 Å². The highest BCUT2D eigenvalue weighted by Gasteiger charge is 2.13. The molecule has 6 bridgehead atoms. The summed E-state index contributed by atoms with van der Waals surface area (Å²) in [6.45, 7) is 5.37. The normalized spacial score (nSPS) is 14.2. The van der Waals surface area contributed by atoms with Gasteiger partial charge in [-0.1, -0.05) is 42.5 Å². The third-order valence-corrected chi connectivity index (χ3v) is 6.82. The Morgan fingerprint density at radius 3 is 2.70 bits per heavy atom. The van der Waals surface area contributed by atoms with Gasteiger partial charge in [-0.15, -0.1) is 0 Å². The number of anilines is 4. The van der Waals surface area contributed by atoms with Crippen LogP contribution in [0.1, 0.15) is 22.3 Å². The van der Waals surface area contributed by atoms with Crippen molar-refractivity contribution >= 4 is 46.4 Å². The number of nitrogens with zero attached hydrogens (tertiary/aromatic N) is 3. The number of carbonyl (C=O) groups is 2. The van der Waals surface area contributed by atoms with Gasteiger partial charge in [-0.25, -0.2) is 9.97 Å². The van der Waals surface area contributed by atoms with E-state index in [1.807, 2.05) is 49.5 Å². The molecule has 0 radical (unpaired) electrons. The van der Waals surface area contributed by atoms with Gasteiger partial charge in [0.25, 0.3) is 5.91 Å². The van der Waals surface area contributed by atoms with Crippen LogP contribution >= 0.6 is 11.6 Å².